The number of benzene rings is 1. The Kier molecular flexibility index (Phi) is 5.45. The first-order chi connectivity index (χ1) is 11.1. The molecule has 0 aromatic heterocycles. The van der Waals surface area contributed by atoms with Crippen LogP contribution in [-0.4, -0.2) is 42.6 Å². The van der Waals surface area contributed by atoms with E-state index in [9.17, 15) is 4.79 Å². The van der Waals surface area contributed by atoms with E-state index in [4.69, 9.17) is 23.9 Å². The minimum atomic E-state index is -0.901. The van der Waals surface area contributed by atoms with Gasteiger partial charge in [-0.3, -0.25) is 4.79 Å². The van der Waals surface area contributed by atoms with Gasteiger partial charge in [0, 0.05) is 6.07 Å². The van der Waals surface area contributed by atoms with Crippen molar-refractivity contribution in [3.05, 3.63) is 18.2 Å². The number of ether oxygens (including phenoxy) is 2. The van der Waals surface area contributed by atoms with Crippen LogP contribution in [0.5, 0.6) is 11.5 Å². The van der Waals surface area contributed by atoms with Gasteiger partial charge in [0.15, 0.2) is 0 Å². The van der Waals surface area contributed by atoms with E-state index in [0.717, 1.165) is 5.46 Å². The molecule has 1 heterocycles. The lowest BCUT2D eigenvalue weighted by molar-refractivity contribution is -0.137. The summed E-state index contributed by atoms with van der Waals surface area (Å²) in [6.45, 7) is 10.5. The van der Waals surface area contributed by atoms with Crippen molar-refractivity contribution in [1.29, 1.82) is 0 Å². The van der Waals surface area contributed by atoms with Gasteiger partial charge in [-0.15, -0.1) is 0 Å². The predicted octanol–water partition coefficient (Wildman–Crippen LogP) is 2.24. The Hall–Kier alpha value is -1.73. The van der Waals surface area contributed by atoms with E-state index in [1.807, 2.05) is 40.7 Å². The van der Waals surface area contributed by atoms with Crippen molar-refractivity contribution in [3.63, 3.8) is 0 Å². The second-order valence-electron chi connectivity index (χ2n) is 6.75. The van der Waals surface area contributed by atoms with E-state index in [1.54, 1.807) is 12.1 Å². The lowest BCUT2D eigenvalue weighted by Gasteiger charge is -2.32. The third-order valence-corrected chi connectivity index (χ3v) is 4.32. The summed E-state index contributed by atoms with van der Waals surface area (Å²) in [6, 6.07) is 5.39. The van der Waals surface area contributed by atoms with Crippen molar-refractivity contribution in [1.82, 2.24) is 0 Å². The Morgan fingerprint density at radius 1 is 1.08 bits per heavy atom. The molecule has 132 valence electrons. The SMILES string of the molecule is CCOc1cc(OCCC(=O)O)cc(B2OC(C)(C)C(C)(C)O2)c1. The fraction of sp³-hybridized carbons (Fsp3) is 0.588. The van der Waals surface area contributed by atoms with Gasteiger partial charge in [0.1, 0.15) is 11.5 Å². The number of hydrogen-bond donors (Lipinski definition) is 1. The second-order valence-corrected chi connectivity index (χ2v) is 6.75. The van der Waals surface area contributed by atoms with Gasteiger partial charge >= 0.3 is 13.1 Å². The number of hydrogen-bond acceptors (Lipinski definition) is 5. The zero-order valence-electron chi connectivity index (χ0n) is 14.9. The average Bonchev–Trinajstić information content (AvgIpc) is 2.67. The van der Waals surface area contributed by atoms with Crippen LogP contribution in [0.25, 0.3) is 0 Å². The maximum absolute atomic E-state index is 10.6. The van der Waals surface area contributed by atoms with Crippen molar-refractivity contribution >= 4 is 18.6 Å². The molecular weight excluding hydrogens is 311 g/mol. The van der Waals surface area contributed by atoms with E-state index in [2.05, 4.69) is 0 Å². The van der Waals surface area contributed by atoms with Gasteiger partial charge in [0.25, 0.3) is 0 Å². The van der Waals surface area contributed by atoms with Gasteiger partial charge in [-0.05, 0) is 52.2 Å². The van der Waals surface area contributed by atoms with E-state index in [-0.39, 0.29) is 13.0 Å². The summed E-state index contributed by atoms with van der Waals surface area (Å²) in [6.07, 6.45) is -0.0648. The molecule has 0 aliphatic carbocycles. The van der Waals surface area contributed by atoms with Crippen LogP contribution >= 0.6 is 0 Å². The molecular formula is C17H25BO6. The van der Waals surface area contributed by atoms with Crippen molar-refractivity contribution in [2.24, 2.45) is 0 Å². The van der Waals surface area contributed by atoms with Crippen molar-refractivity contribution in [2.75, 3.05) is 13.2 Å². The maximum atomic E-state index is 10.6. The predicted molar refractivity (Wildman–Crippen MR) is 91.1 cm³/mol. The molecule has 0 bridgehead atoms. The van der Waals surface area contributed by atoms with Gasteiger partial charge in [-0.25, -0.2) is 0 Å². The first kappa shape index (κ1) is 18.6. The molecule has 0 atom stereocenters. The first-order valence-electron chi connectivity index (χ1n) is 8.12. The normalized spacial score (nSPS) is 18.5. The fourth-order valence-electron chi connectivity index (χ4n) is 2.30. The molecule has 1 aromatic carbocycles. The van der Waals surface area contributed by atoms with Gasteiger partial charge in [-0.2, -0.15) is 0 Å². The van der Waals surface area contributed by atoms with E-state index in [1.165, 1.54) is 0 Å². The summed E-state index contributed by atoms with van der Waals surface area (Å²) in [4.78, 5) is 10.6. The molecule has 7 heteroatoms. The number of carbonyl (C=O) groups is 1. The lowest BCUT2D eigenvalue weighted by Crippen LogP contribution is -2.41. The van der Waals surface area contributed by atoms with Gasteiger partial charge in [0.05, 0.1) is 30.8 Å². The number of carboxylic acids is 1. The van der Waals surface area contributed by atoms with Crippen LogP contribution in [0.1, 0.15) is 41.0 Å². The van der Waals surface area contributed by atoms with Crippen LogP contribution in [0, 0.1) is 0 Å². The summed E-state index contributed by atoms with van der Waals surface area (Å²) in [5.41, 5.74) is -0.0994. The molecule has 1 aliphatic heterocycles. The smallest absolute Gasteiger partial charge is 0.494 e. The Morgan fingerprint density at radius 3 is 2.12 bits per heavy atom. The summed E-state index contributed by atoms with van der Waals surface area (Å²) in [7, 11) is -0.530. The van der Waals surface area contributed by atoms with Crippen LogP contribution in [0.4, 0.5) is 0 Å². The van der Waals surface area contributed by atoms with Crippen LogP contribution in [0.2, 0.25) is 0 Å². The van der Waals surface area contributed by atoms with Gasteiger partial charge in [0.2, 0.25) is 0 Å². The summed E-state index contributed by atoms with van der Waals surface area (Å²) in [5.74, 6) is 0.268. The zero-order valence-corrected chi connectivity index (χ0v) is 14.9. The number of aliphatic carboxylic acids is 1. The zero-order chi connectivity index (χ0) is 18.0. The highest BCUT2D eigenvalue weighted by Crippen LogP contribution is 2.37. The summed E-state index contributed by atoms with van der Waals surface area (Å²) >= 11 is 0. The molecule has 24 heavy (non-hydrogen) atoms. The van der Waals surface area contributed by atoms with E-state index < -0.39 is 24.3 Å². The molecule has 1 fully saturated rings. The van der Waals surface area contributed by atoms with Gasteiger partial charge in [-0.1, -0.05) is 0 Å². The molecule has 6 nitrogen and oxygen atoms in total. The average molecular weight is 336 g/mol. The standard InChI is InChI=1S/C17H25BO6/c1-6-21-13-9-12(10-14(11-13)22-8-7-15(19)20)18-23-16(2,3)17(4,5)24-18/h9-11H,6-8H2,1-5H3,(H,19,20). The highest BCUT2D eigenvalue weighted by atomic mass is 16.7. The van der Waals surface area contributed by atoms with Crippen molar-refractivity contribution < 1.29 is 28.7 Å². The molecule has 0 spiro atoms. The molecule has 1 aromatic rings. The molecule has 1 saturated heterocycles. The minimum Gasteiger partial charge on any atom is -0.494 e. The summed E-state index contributed by atoms with van der Waals surface area (Å²) in [5, 5.41) is 8.73. The van der Waals surface area contributed by atoms with Crippen molar-refractivity contribution in [3.8, 4) is 11.5 Å². The quantitative estimate of drug-likeness (QED) is 0.770. The van der Waals surface area contributed by atoms with E-state index >= 15 is 0 Å². The highest BCUT2D eigenvalue weighted by molar-refractivity contribution is 6.62. The second kappa shape index (κ2) is 7.03. The third-order valence-electron chi connectivity index (χ3n) is 4.32. The molecule has 0 saturated carbocycles. The topological polar surface area (TPSA) is 74.2 Å². The van der Waals surface area contributed by atoms with E-state index in [0.29, 0.717) is 18.1 Å². The largest absolute Gasteiger partial charge is 0.495 e. The third kappa shape index (κ3) is 4.21. The number of rotatable bonds is 7. The Labute approximate surface area is 143 Å². The molecule has 2 rings (SSSR count). The van der Waals surface area contributed by atoms with Crippen LogP contribution in [-0.2, 0) is 14.1 Å². The molecule has 0 unspecified atom stereocenters. The van der Waals surface area contributed by atoms with Crippen LogP contribution < -0.4 is 14.9 Å². The number of carboxylic acid groups (broad SMARTS) is 1. The van der Waals surface area contributed by atoms with Gasteiger partial charge < -0.3 is 23.9 Å². The molecule has 0 amide bonds. The Morgan fingerprint density at radius 2 is 1.62 bits per heavy atom. The molecule has 1 aliphatic rings. The fourth-order valence-corrected chi connectivity index (χ4v) is 2.30. The summed E-state index contributed by atoms with van der Waals surface area (Å²) < 4.78 is 23.2. The van der Waals surface area contributed by atoms with Crippen molar-refractivity contribution in [2.45, 2.75) is 52.2 Å². The highest BCUT2D eigenvalue weighted by Gasteiger charge is 2.51. The monoisotopic (exact) mass is 336 g/mol. The Bertz CT molecular complexity index is 583. The molecule has 1 N–H and O–H groups in total. The minimum absolute atomic E-state index is 0.0648. The Balaban J connectivity index is 2.22. The van der Waals surface area contributed by atoms with Crippen LogP contribution in [0.15, 0.2) is 18.2 Å². The molecule has 0 radical (unpaired) electrons. The lowest BCUT2D eigenvalue weighted by atomic mass is 9.79. The van der Waals surface area contributed by atoms with Crippen LogP contribution in [0.3, 0.4) is 0 Å². The first-order valence-corrected chi connectivity index (χ1v) is 8.12. The maximum Gasteiger partial charge on any atom is 0.495 e.